The Morgan fingerprint density at radius 1 is 1.31 bits per heavy atom. The van der Waals surface area contributed by atoms with Crippen molar-refractivity contribution in [2.24, 2.45) is 0 Å². The number of amides is 1. The lowest BCUT2D eigenvalue weighted by atomic mass is 9.96. The van der Waals surface area contributed by atoms with E-state index in [9.17, 15) is 9.18 Å². The molecule has 2 heterocycles. The monoisotopic (exact) mass is 391 g/mol. The van der Waals surface area contributed by atoms with Gasteiger partial charge in [-0.1, -0.05) is 36.0 Å². The lowest BCUT2D eigenvalue weighted by Gasteiger charge is -2.31. The summed E-state index contributed by atoms with van der Waals surface area (Å²) in [6.07, 6.45) is 3.49. The van der Waals surface area contributed by atoms with Gasteiger partial charge < -0.3 is 9.42 Å². The van der Waals surface area contributed by atoms with E-state index in [1.54, 1.807) is 24.0 Å². The standard InChI is InChI=1S/C23H22FN3O2/c1-3-16-7-4-5-9-20(16)22-25-21(26-29-22)17-8-6-12-27(14-17)23(28)19-11-10-18(24)13-15(19)2/h3-5,7,9-11,13,17H,1,6,8,12,14H2,2H3. The molecule has 6 heteroatoms. The molecule has 0 N–H and O–H groups in total. The summed E-state index contributed by atoms with van der Waals surface area (Å²) in [6, 6.07) is 12.0. The second kappa shape index (κ2) is 7.99. The maximum absolute atomic E-state index is 13.4. The Hall–Kier alpha value is -3.28. The molecule has 1 unspecified atom stereocenters. The first kappa shape index (κ1) is 19.1. The van der Waals surface area contributed by atoms with Crippen molar-refractivity contribution < 1.29 is 13.7 Å². The number of carbonyl (C=O) groups excluding carboxylic acids is 1. The first-order chi connectivity index (χ1) is 14.1. The van der Waals surface area contributed by atoms with E-state index in [1.807, 2.05) is 24.3 Å². The second-order valence-corrected chi connectivity index (χ2v) is 7.30. The molecule has 1 aliphatic rings. The molecule has 0 spiro atoms. The van der Waals surface area contributed by atoms with E-state index in [2.05, 4.69) is 16.7 Å². The molecular formula is C23H22FN3O2. The van der Waals surface area contributed by atoms with Crippen LogP contribution in [0.1, 0.15) is 46.1 Å². The van der Waals surface area contributed by atoms with E-state index in [-0.39, 0.29) is 17.6 Å². The minimum Gasteiger partial charge on any atom is -0.338 e. The summed E-state index contributed by atoms with van der Waals surface area (Å²) in [5.74, 6) is 0.630. The average Bonchev–Trinajstić information content (AvgIpc) is 3.23. The van der Waals surface area contributed by atoms with Crippen LogP contribution in [0.25, 0.3) is 17.5 Å². The van der Waals surface area contributed by atoms with Crippen LogP contribution in [0.3, 0.4) is 0 Å². The van der Waals surface area contributed by atoms with Crippen LogP contribution in [0.2, 0.25) is 0 Å². The molecule has 1 aliphatic heterocycles. The molecule has 0 radical (unpaired) electrons. The summed E-state index contributed by atoms with van der Waals surface area (Å²) in [5.41, 5.74) is 2.93. The Labute approximate surface area is 168 Å². The fourth-order valence-corrected chi connectivity index (χ4v) is 3.79. The zero-order valence-corrected chi connectivity index (χ0v) is 16.3. The Bertz CT molecular complexity index is 1060. The van der Waals surface area contributed by atoms with Crippen molar-refractivity contribution in [2.75, 3.05) is 13.1 Å². The fourth-order valence-electron chi connectivity index (χ4n) is 3.79. The minimum atomic E-state index is -0.338. The Balaban J connectivity index is 1.54. The van der Waals surface area contributed by atoms with Gasteiger partial charge in [0.1, 0.15) is 5.82 Å². The first-order valence-electron chi connectivity index (χ1n) is 9.67. The largest absolute Gasteiger partial charge is 0.338 e. The van der Waals surface area contributed by atoms with Gasteiger partial charge in [-0.2, -0.15) is 4.98 Å². The number of carbonyl (C=O) groups is 1. The number of nitrogens with zero attached hydrogens (tertiary/aromatic N) is 3. The van der Waals surface area contributed by atoms with E-state index in [0.717, 1.165) is 24.0 Å². The molecular weight excluding hydrogens is 369 g/mol. The number of likely N-dealkylation sites (tertiary alicyclic amines) is 1. The summed E-state index contributed by atoms with van der Waals surface area (Å²) in [6.45, 7) is 6.75. The fraction of sp³-hybridized carbons (Fsp3) is 0.261. The van der Waals surface area contributed by atoms with Gasteiger partial charge in [0.25, 0.3) is 11.8 Å². The molecule has 2 aromatic carbocycles. The van der Waals surface area contributed by atoms with Gasteiger partial charge in [0.15, 0.2) is 5.82 Å². The normalized spacial score (nSPS) is 16.6. The van der Waals surface area contributed by atoms with Gasteiger partial charge in [-0.3, -0.25) is 4.79 Å². The molecule has 29 heavy (non-hydrogen) atoms. The molecule has 148 valence electrons. The number of piperidine rings is 1. The van der Waals surface area contributed by atoms with Crippen LogP contribution < -0.4 is 0 Å². The van der Waals surface area contributed by atoms with Crippen LogP contribution in [0.15, 0.2) is 53.6 Å². The second-order valence-electron chi connectivity index (χ2n) is 7.30. The van der Waals surface area contributed by atoms with Gasteiger partial charge in [-0.05, 0) is 55.2 Å². The number of hydrogen-bond acceptors (Lipinski definition) is 4. The third-order valence-electron chi connectivity index (χ3n) is 5.35. The van der Waals surface area contributed by atoms with E-state index in [0.29, 0.717) is 35.9 Å². The van der Waals surface area contributed by atoms with Crippen molar-refractivity contribution in [3.63, 3.8) is 0 Å². The number of benzene rings is 2. The number of halogens is 1. The molecule has 0 aliphatic carbocycles. The molecule has 1 aromatic heterocycles. The van der Waals surface area contributed by atoms with Crippen molar-refractivity contribution in [3.8, 4) is 11.5 Å². The zero-order valence-electron chi connectivity index (χ0n) is 16.3. The van der Waals surface area contributed by atoms with Gasteiger partial charge in [-0.15, -0.1) is 0 Å². The molecule has 5 nitrogen and oxygen atoms in total. The van der Waals surface area contributed by atoms with Crippen molar-refractivity contribution >= 4 is 12.0 Å². The molecule has 1 fully saturated rings. The third kappa shape index (κ3) is 3.83. The molecule has 3 aromatic rings. The number of hydrogen-bond donors (Lipinski definition) is 0. The van der Waals surface area contributed by atoms with Crippen LogP contribution in [0, 0.1) is 12.7 Å². The predicted molar refractivity (Wildman–Crippen MR) is 109 cm³/mol. The maximum Gasteiger partial charge on any atom is 0.258 e. The summed E-state index contributed by atoms with van der Waals surface area (Å²) >= 11 is 0. The van der Waals surface area contributed by atoms with Crippen LogP contribution in [-0.2, 0) is 0 Å². The number of aromatic nitrogens is 2. The third-order valence-corrected chi connectivity index (χ3v) is 5.35. The number of aryl methyl sites for hydroxylation is 1. The highest BCUT2D eigenvalue weighted by Crippen LogP contribution is 2.29. The average molecular weight is 391 g/mol. The van der Waals surface area contributed by atoms with Gasteiger partial charge in [0, 0.05) is 30.1 Å². The number of rotatable bonds is 4. The quantitative estimate of drug-likeness (QED) is 0.638. The highest BCUT2D eigenvalue weighted by atomic mass is 19.1. The van der Waals surface area contributed by atoms with Crippen molar-refractivity contribution in [1.29, 1.82) is 0 Å². The van der Waals surface area contributed by atoms with Gasteiger partial charge in [0.2, 0.25) is 0 Å². The first-order valence-corrected chi connectivity index (χ1v) is 9.67. The van der Waals surface area contributed by atoms with E-state index < -0.39 is 0 Å². The topological polar surface area (TPSA) is 59.2 Å². The lowest BCUT2D eigenvalue weighted by molar-refractivity contribution is 0.0703. The summed E-state index contributed by atoms with van der Waals surface area (Å²) in [5, 5.41) is 4.18. The van der Waals surface area contributed by atoms with E-state index in [1.165, 1.54) is 12.1 Å². The summed E-state index contributed by atoms with van der Waals surface area (Å²) in [4.78, 5) is 19.3. The van der Waals surface area contributed by atoms with Crippen LogP contribution in [0.5, 0.6) is 0 Å². The summed E-state index contributed by atoms with van der Waals surface area (Å²) < 4.78 is 18.9. The smallest absolute Gasteiger partial charge is 0.258 e. The predicted octanol–water partition coefficient (Wildman–Crippen LogP) is 4.85. The van der Waals surface area contributed by atoms with Crippen LogP contribution in [-0.4, -0.2) is 34.0 Å². The van der Waals surface area contributed by atoms with Crippen LogP contribution >= 0.6 is 0 Å². The van der Waals surface area contributed by atoms with Crippen molar-refractivity contribution in [3.05, 3.63) is 77.4 Å². The van der Waals surface area contributed by atoms with Crippen molar-refractivity contribution in [2.45, 2.75) is 25.7 Å². The van der Waals surface area contributed by atoms with Gasteiger partial charge in [-0.25, -0.2) is 4.39 Å². The maximum atomic E-state index is 13.4. The van der Waals surface area contributed by atoms with E-state index >= 15 is 0 Å². The SMILES string of the molecule is C=Cc1ccccc1-c1nc(C2CCCN(C(=O)c3ccc(F)cc3C)C2)no1. The van der Waals surface area contributed by atoms with Crippen LogP contribution in [0.4, 0.5) is 4.39 Å². The summed E-state index contributed by atoms with van der Waals surface area (Å²) in [7, 11) is 0. The highest BCUT2D eigenvalue weighted by Gasteiger charge is 2.29. The molecule has 1 atom stereocenters. The Kier molecular flexibility index (Phi) is 5.25. The van der Waals surface area contributed by atoms with Crippen molar-refractivity contribution in [1.82, 2.24) is 15.0 Å². The molecule has 1 saturated heterocycles. The lowest BCUT2D eigenvalue weighted by Crippen LogP contribution is -2.39. The molecule has 0 saturated carbocycles. The van der Waals surface area contributed by atoms with Gasteiger partial charge in [0.05, 0.1) is 0 Å². The van der Waals surface area contributed by atoms with E-state index in [4.69, 9.17) is 4.52 Å². The van der Waals surface area contributed by atoms with Gasteiger partial charge >= 0.3 is 0 Å². The molecule has 0 bridgehead atoms. The highest BCUT2D eigenvalue weighted by molar-refractivity contribution is 5.95. The Morgan fingerprint density at radius 3 is 2.93 bits per heavy atom. The zero-order chi connectivity index (χ0) is 20.4. The molecule has 1 amide bonds. The minimum absolute atomic E-state index is 0.00171. The molecule has 4 rings (SSSR count). The Morgan fingerprint density at radius 2 is 2.14 bits per heavy atom.